The number of amides is 4. The summed E-state index contributed by atoms with van der Waals surface area (Å²) in [6, 6.07) is 9.24. The van der Waals surface area contributed by atoms with E-state index < -0.39 is 5.54 Å². The summed E-state index contributed by atoms with van der Waals surface area (Å²) in [7, 11) is 1.69. The van der Waals surface area contributed by atoms with E-state index in [1.54, 1.807) is 16.8 Å². The number of imide groups is 1. The third-order valence-corrected chi connectivity index (χ3v) is 7.82. The van der Waals surface area contributed by atoms with E-state index >= 15 is 0 Å². The second kappa shape index (κ2) is 9.41. The molecular weight excluding hydrogens is 448 g/mol. The van der Waals surface area contributed by atoms with Gasteiger partial charge in [-0.1, -0.05) is 54.8 Å². The highest BCUT2D eigenvalue weighted by molar-refractivity contribution is 6.08. The zero-order chi connectivity index (χ0) is 24.6. The first kappa shape index (κ1) is 23.5. The van der Waals surface area contributed by atoms with Crippen LogP contribution in [0, 0.1) is 0 Å². The molecular formula is C25H32N6O4. The second-order valence-electron chi connectivity index (χ2n) is 9.74. The number of hydrogen-bond donors (Lipinski definition) is 0. The molecule has 0 bridgehead atoms. The van der Waals surface area contributed by atoms with Crippen LogP contribution in [0.2, 0.25) is 0 Å². The van der Waals surface area contributed by atoms with Crippen molar-refractivity contribution in [1.82, 2.24) is 29.7 Å². The van der Waals surface area contributed by atoms with Crippen LogP contribution >= 0.6 is 0 Å². The Morgan fingerprint density at radius 2 is 1.74 bits per heavy atom. The first-order valence-electron chi connectivity index (χ1n) is 12.4. The second-order valence-corrected chi connectivity index (χ2v) is 9.74. The van der Waals surface area contributed by atoms with Crippen LogP contribution in [0.1, 0.15) is 51.0 Å². The average molecular weight is 481 g/mol. The Morgan fingerprint density at radius 3 is 2.43 bits per heavy atom. The van der Waals surface area contributed by atoms with Gasteiger partial charge in [0.1, 0.15) is 12.1 Å². The standard InChI is InChI=1S/C25H32N6O4/c1-18(22-26-21(27-35-22)19-9-5-3-6-10-19)29-13-15-30(16-14-29)20(32)17-31-23(33)25(28(2)24(31)34)11-7-4-8-12-25/h3,5-6,9-10,18H,4,7-8,11-17H2,1-2H3. The summed E-state index contributed by atoms with van der Waals surface area (Å²) in [6.07, 6.45) is 4.29. The van der Waals surface area contributed by atoms with Gasteiger partial charge in [0.25, 0.3) is 5.91 Å². The molecule has 3 aliphatic rings. The fourth-order valence-electron chi connectivity index (χ4n) is 5.53. The Labute approximate surface area is 204 Å². The highest BCUT2D eigenvalue weighted by atomic mass is 16.5. The maximum atomic E-state index is 13.2. The van der Waals surface area contributed by atoms with Crippen LogP contribution in [0.25, 0.3) is 11.4 Å². The van der Waals surface area contributed by atoms with E-state index in [2.05, 4.69) is 15.0 Å². The summed E-state index contributed by atoms with van der Waals surface area (Å²) < 4.78 is 5.52. The first-order valence-corrected chi connectivity index (χ1v) is 12.4. The summed E-state index contributed by atoms with van der Waals surface area (Å²) in [5.41, 5.74) is 0.142. The Morgan fingerprint density at radius 1 is 1.06 bits per heavy atom. The maximum absolute atomic E-state index is 13.2. The fourth-order valence-corrected chi connectivity index (χ4v) is 5.53. The molecule has 10 heteroatoms. The van der Waals surface area contributed by atoms with E-state index in [-0.39, 0.29) is 30.4 Å². The minimum atomic E-state index is -0.758. The molecule has 3 heterocycles. The van der Waals surface area contributed by atoms with Crippen molar-refractivity contribution in [2.24, 2.45) is 0 Å². The number of hydrogen-bond acceptors (Lipinski definition) is 7. The first-order chi connectivity index (χ1) is 16.9. The van der Waals surface area contributed by atoms with Crippen LogP contribution < -0.4 is 0 Å². The van der Waals surface area contributed by atoms with Crippen molar-refractivity contribution in [2.75, 3.05) is 39.8 Å². The van der Waals surface area contributed by atoms with Crippen molar-refractivity contribution < 1.29 is 18.9 Å². The zero-order valence-corrected chi connectivity index (χ0v) is 20.4. The number of likely N-dealkylation sites (N-methyl/N-ethyl adjacent to an activating group) is 1. The van der Waals surface area contributed by atoms with E-state index in [1.807, 2.05) is 37.3 Å². The van der Waals surface area contributed by atoms with E-state index in [1.165, 1.54) is 0 Å². The molecule has 2 aromatic rings. The molecule has 186 valence electrons. The van der Waals surface area contributed by atoms with Crippen molar-refractivity contribution >= 4 is 17.8 Å². The van der Waals surface area contributed by atoms with E-state index in [0.29, 0.717) is 50.7 Å². The predicted octanol–water partition coefficient (Wildman–Crippen LogP) is 2.54. The smallest absolute Gasteiger partial charge is 0.327 e. The van der Waals surface area contributed by atoms with Gasteiger partial charge in [0.2, 0.25) is 17.6 Å². The molecule has 35 heavy (non-hydrogen) atoms. The van der Waals surface area contributed by atoms with Crippen molar-refractivity contribution in [1.29, 1.82) is 0 Å². The summed E-state index contributed by atoms with van der Waals surface area (Å²) >= 11 is 0. The molecule has 2 aliphatic heterocycles. The topological polar surface area (TPSA) is 103 Å². The van der Waals surface area contributed by atoms with Crippen LogP contribution in [0.15, 0.2) is 34.9 Å². The van der Waals surface area contributed by atoms with Gasteiger partial charge < -0.3 is 14.3 Å². The highest BCUT2D eigenvalue weighted by Gasteiger charge is 2.56. The van der Waals surface area contributed by atoms with Gasteiger partial charge in [-0.15, -0.1) is 0 Å². The van der Waals surface area contributed by atoms with Crippen LogP contribution in [-0.4, -0.2) is 92.9 Å². The zero-order valence-electron chi connectivity index (χ0n) is 20.4. The number of rotatable bonds is 5. The number of aromatic nitrogens is 2. The minimum absolute atomic E-state index is 0.0845. The van der Waals surface area contributed by atoms with Gasteiger partial charge in [0.15, 0.2) is 0 Å². The molecule has 5 rings (SSSR count). The molecule has 1 saturated carbocycles. The third kappa shape index (κ3) is 4.20. The molecule has 2 saturated heterocycles. The van der Waals surface area contributed by atoms with Crippen molar-refractivity contribution in [3.05, 3.63) is 36.2 Å². The van der Waals surface area contributed by atoms with Gasteiger partial charge in [-0.3, -0.25) is 19.4 Å². The van der Waals surface area contributed by atoms with Crippen molar-refractivity contribution in [3.63, 3.8) is 0 Å². The molecule has 1 aromatic carbocycles. The van der Waals surface area contributed by atoms with Gasteiger partial charge in [0.05, 0.1) is 6.04 Å². The van der Waals surface area contributed by atoms with Crippen LogP contribution in [-0.2, 0) is 9.59 Å². The number of piperazine rings is 1. The van der Waals surface area contributed by atoms with Crippen LogP contribution in [0.5, 0.6) is 0 Å². The van der Waals surface area contributed by atoms with Crippen LogP contribution in [0.3, 0.4) is 0 Å². The van der Waals surface area contributed by atoms with Gasteiger partial charge in [-0.05, 0) is 19.8 Å². The molecule has 1 atom stereocenters. The number of nitrogens with zero attached hydrogens (tertiary/aromatic N) is 6. The summed E-state index contributed by atoms with van der Waals surface area (Å²) in [5.74, 6) is 0.694. The van der Waals surface area contributed by atoms with E-state index in [4.69, 9.17) is 4.52 Å². The molecule has 0 N–H and O–H groups in total. The Balaban J connectivity index is 1.17. The predicted molar refractivity (Wildman–Crippen MR) is 127 cm³/mol. The lowest BCUT2D eigenvalue weighted by atomic mass is 9.81. The Bertz CT molecular complexity index is 1090. The molecule has 1 aromatic heterocycles. The largest absolute Gasteiger partial charge is 0.339 e. The number of carbonyl (C=O) groups is 3. The lowest BCUT2D eigenvalue weighted by Crippen LogP contribution is -2.53. The molecule has 1 spiro atoms. The Hall–Kier alpha value is -3.27. The van der Waals surface area contributed by atoms with Crippen molar-refractivity contribution in [2.45, 2.75) is 50.6 Å². The van der Waals surface area contributed by atoms with Gasteiger partial charge in [-0.2, -0.15) is 4.98 Å². The van der Waals surface area contributed by atoms with Crippen molar-refractivity contribution in [3.8, 4) is 11.4 Å². The lowest BCUT2D eigenvalue weighted by molar-refractivity contribution is -0.141. The molecule has 10 nitrogen and oxygen atoms in total. The van der Waals surface area contributed by atoms with E-state index in [9.17, 15) is 14.4 Å². The molecule has 0 radical (unpaired) electrons. The summed E-state index contributed by atoms with van der Waals surface area (Å²) in [4.78, 5) is 50.3. The molecule has 3 fully saturated rings. The number of urea groups is 1. The number of benzene rings is 1. The number of carbonyl (C=O) groups excluding carboxylic acids is 3. The monoisotopic (exact) mass is 480 g/mol. The van der Waals surface area contributed by atoms with Gasteiger partial charge in [0, 0.05) is 38.8 Å². The molecule has 1 aliphatic carbocycles. The SMILES string of the molecule is CC(c1nc(-c2ccccc2)no1)N1CCN(C(=O)CN2C(=O)N(C)C3(CCCCC3)C2=O)CC1. The quantitative estimate of drug-likeness (QED) is 0.606. The maximum Gasteiger partial charge on any atom is 0.327 e. The Kier molecular flexibility index (Phi) is 6.31. The molecule has 1 unspecified atom stereocenters. The van der Waals surface area contributed by atoms with E-state index in [0.717, 1.165) is 29.7 Å². The third-order valence-electron chi connectivity index (χ3n) is 7.82. The van der Waals surface area contributed by atoms with Crippen LogP contribution in [0.4, 0.5) is 4.79 Å². The normalized spacial score (nSPS) is 21.7. The summed E-state index contributed by atoms with van der Waals surface area (Å²) in [6.45, 7) is 4.13. The van der Waals surface area contributed by atoms with Gasteiger partial charge in [-0.25, -0.2) is 4.79 Å². The fraction of sp³-hybridized carbons (Fsp3) is 0.560. The lowest BCUT2D eigenvalue weighted by Gasteiger charge is -2.37. The minimum Gasteiger partial charge on any atom is -0.339 e. The summed E-state index contributed by atoms with van der Waals surface area (Å²) in [5, 5.41) is 4.11. The van der Waals surface area contributed by atoms with Gasteiger partial charge >= 0.3 is 6.03 Å². The molecule has 4 amide bonds. The highest BCUT2D eigenvalue weighted by Crippen LogP contribution is 2.39. The average Bonchev–Trinajstić information content (AvgIpc) is 3.46.